The van der Waals surface area contributed by atoms with E-state index in [-0.39, 0.29) is 29.4 Å². The van der Waals surface area contributed by atoms with Crippen molar-refractivity contribution in [3.05, 3.63) is 0 Å². The van der Waals surface area contributed by atoms with Crippen LogP contribution in [0.2, 0.25) is 0 Å². The summed E-state index contributed by atoms with van der Waals surface area (Å²) in [4.78, 5) is 22.7. The highest BCUT2D eigenvalue weighted by Gasteiger charge is 2.38. The largest absolute Gasteiger partial charge is 0.370 e. The molecule has 6 heteroatoms. The molecule has 2 amide bonds. The lowest BCUT2D eigenvalue weighted by Crippen LogP contribution is -2.63. The minimum atomic E-state index is -0.862. The van der Waals surface area contributed by atoms with Crippen LogP contribution in [0, 0.1) is 0 Å². The predicted molar refractivity (Wildman–Crippen MR) is 74.2 cm³/mol. The van der Waals surface area contributed by atoms with Gasteiger partial charge in [0.05, 0.1) is 12.5 Å². The second-order valence-electron chi connectivity index (χ2n) is 6.78. The van der Waals surface area contributed by atoms with E-state index in [0.717, 1.165) is 12.8 Å². The molecule has 1 atom stereocenters. The summed E-state index contributed by atoms with van der Waals surface area (Å²) < 4.78 is 0. The number of amides is 2. The van der Waals surface area contributed by atoms with E-state index in [2.05, 4.69) is 38.3 Å². The number of rotatable bonds is 4. The summed E-state index contributed by atoms with van der Waals surface area (Å²) in [5.74, 6) is -0.870. The summed E-state index contributed by atoms with van der Waals surface area (Å²) in [5, 5.41) is 6.46. The van der Waals surface area contributed by atoms with Crippen LogP contribution < -0.4 is 22.1 Å². The number of hydrogen-bond donors (Lipinski definition) is 4. The Morgan fingerprint density at radius 2 is 1.74 bits per heavy atom. The molecule has 1 rings (SSSR count). The second-order valence-corrected chi connectivity index (χ2v) is 6.78. The molecule has 0 aromatic heterocycles. The van der Waals surface area contributed by atoms with Gasteiger partial charge in [-0.1, -0.05) is 0 Å². The van der Waals surface area contributed by atoms with Crippen LogP contribution in [0.4, 0.5) is 0 Å². The van der Waals surface area contributed by atoms with Crippen LogP contribution in [0.5, 0.6) is 0 Å². The van der Waals surface area contributed by atoms with Gasteiger partial charge < -0.3 is 22.1 Å². The number of piperidine rings is 1. The third-order valence-electron chi connectivity index (χ3n) is 3.29. The van der Waals surface area contributed by atoms with Crippen molar-refractivity contribution in [1.29, 1.82) is 0 Å². The molecule has 1 saturated heterocycles. The zero-order valence-electron chi connectivity index (χ0n) is 12.2. The molecule has 110 valence electrons. The zero-order valence-corrected chi connectivity index (χ0v) is 12.2. The Hall–Kier alpha value is -1.14. The summed E-state index contributed by atoms with van der Waals surface area (Å²) in [6, 6.07) is -0.809. The summed E-state index contributed by atoms with van der Waals surface area (Å²) in [6.45, 7) is 8.43. The van der Waals surface area contributed by atoms with Crippen molar-refractivity contribution in [2.24, 2.45) is 11.5 Å². The first-order chi connectivity index (χ1) is 8.51. The number of carbonyl (C=O) groups excluding carboxylic acids is 2. The third-order valence-corrected chi connectivity index (χ3v) is 3.29. The maximum atomic E-state index is 11.9. The van der Waals surface area contributed by atoms with Crippen molar-refractivity contribution in [2.75, 3.05) is 0 Å². The Bertz CT molecular complexity index is 350. The van der Waals surface area contributed by atoms with Gasteiger partial charge in [0.2, 0.25) is 11.8 Å². The quantitative estimate of drug-likeness (QED) is 0.558. The highest BCUT2D eigenvalue weighted by molar-refractivity contribution is 5.87. The molecule has 0 spiro atoms. The Balaban J connectivity index is 2.61. The monoisotopic (exact) mass is 270 g/mol. The number of nitrogens with two attached hydrogens (primary N) is 2. The first kappa shape index (κ1) is 15.9. The smallest absolute Gasteiger partial charge is 0.237 e. The topological polar surface area (TPSA) is 110 Å². The van der Waals surface area contributed by atoms with Crippen LogP contribution in [0.15, 0.2) is 0 Å². The minimum absolute atomic E-state index is 0.0481. The summed E-state index contributed by atoms with van der Waals surface area (Å²) in [5.41, 5.74) is 10.6. The average molecular weight is 270 g/mol. The summed E-state index contributed by atoms with van der Waals surface area (Å²) in [6.07, 6.45) is 1.53. The Morgan fingerprint density at radius 1 is 1.26 bits per heavy atom. The first-order valence-corrected chi connectivity index (χ1v) is 6.64. The fraction of sp³-hybridized carbons (Fsp3) is 0.846. The number of carbonyl (C=O) groups is 2. The second kappa shape index (κ2) is 5.46. The maximum Gasteiger partial charge on any atom is 0.237 e. The predicted octanol–water partition coefficient (Wildman–Crippen LogP) is -0.385. The fourth-order valence-corrected chi connectivity index (χ4v) is 3.04. The van der Waals surface area contributed by atoms with Gasteiger partial charge in [-0.15, -0.1) is 0 Å². The van der Waals surface area contributed by atoms with Crippen LogP contribution in [0.1, 0.15) is 47.0 Å². The molecule has 1 fully saturated rings. The normalized spacial score (nSPS) is 23.6. The third kappa shape index (κ3) is 5.16. The van der Waals surface area contributed by atoms with Crippen molar-refractivity contribution in [2.45, 2.75) is 70.1 Å². The standard InChI is InChI=1S/C13H26N4O2/c1-12(2)6-8(7-13(3,4)17-12)16-11(19)9(14)5-10(15)18/h8-9,17H,5-7,14H2,1-4H3,(H2,15,18)(H,16,19). The molecule has 0 aliphatic carbocycles. The molecule has 1 aliphatic heterocycles. The molecule has 6 N–H and O–H groups in total. The van der Waals surface area contributed by atoms with E-state index in [1.54, 1.807) is 0 Å². The van der Waals surface area contributed by atoms with E-state index >= 15 is 0 Å². The van der Waals surface area contributed by atoms with Crippen LogP contribution >= 0.6 is 0 Å². The van der Waals surface area contributed by atoms with Gasteiger partial charge in [-0.2, -0.15) is 0 Å². The number of nitrogens with one attached hydrogen (secondary N) is 2. The van der Waals surface area contributed by atoms with Gasteiger partial charge in [0.1, 0.15) is 0 Å². The minimum Gasteiger partial charge on any atom is -0.370 e. The van der Waals surface area contributed by atoms with Crippen LogP contribution in [-0.4, -0.2) is 35.0 Å². The lowest BCUT2D eigenvalue weighted by Gasteiger charge is -2.46. The van der Waals surface area contributed by atoms with Crippen LogP contribution in [0.25, 0.3) is 0 Å². The van der Waals surface area contributed by atoms with Gasteiger partial charge >= 0.3 is 0 Å². The van der Waals surface area contributed by atoms with E-state index in [1.165, 1.54) is 0 Å². The van der Waals surface area contributed by atoms with E-state index in [4.69, 9.17) is 11.5 Å². The molecule has 6 nitrogen and oxygen atoms in total. The molecule has 19 heavy (non-hydrogen) atoms. The van der Waals surface area contributed by atoms with E-state index in [0.29, 0.717) is 0 Å². The molecule has 0 aromatic carbocycles. The zero-order chi connectivity index (χ0) is 14.8. The molecular weight excluding hydrogens is 244 g/mol. The molecule has 0 saturated carbocycles. The van der Waals surface area contributed by atoms with Gasteiger partial charge in [-0.05, 0) is 40.5 Å². The lowest BCUT2D eigenvalue weighted by atomic mass is 9.79. The SMILES string of the molecule is CC1(C)CC(NC(=O)C(N)CC(N)=O)CC(C)(C)N1. The van der Waals surface area contributed by atoms with Crippen molar-refractivity contribution in [3.8, 4) is 0 Å². The van der Waals surface area contributed by atoms with Gasteiger partial charge in [0.15, 0.2) is 0 Å². The van der Waals surface area contributed by atoms with E-state index < -0.39 is 11.9 Å². The molecule has 1 unspecified atom stereocenters. The van der Waals surface area contributed by atoms with Crippen LogP contribution in [0.3, 0.4) is 0 Å². The maximum absolute atomic E-state index is 11.9. The average Bonchev–Trinajstić information content (AvgIpc) is 2.10. The molecule has 1 aliphatic rings. The fourth-order valence-electron chi connectivity index (χ4n) is 3.04. The van der Waals surface area contributed by atoms with Crippen molar-refractivity contribution >= 4 is 11.8 Å². The van der Waals surface area contributed by atoms with Crippen molar-refractivity contribution in [3.63, 3.8) is 0 Å². The summed E-state index contributed by atoms with van der Waals surface area (Å²) in [7, 11) is 0. The Morgan fingerprint density at radius 3 is 2.16 bits per heavy atom. The number of primary amides is 1. The van der Waals surface area contributed by atoms with Crippen LogP contribution in [-0.2, 0) is 9.59 Å². The molecule has 1 heterocycles. The number of hydrogen-bond acceptors (Lipinski definition) is 4. The highest BCUT2D eigenvalue weighted by Crippen LogP contribution is 2.28. The highest BCUT2D eigenvalue weighted by atomic mass is 16.2. The van der Waals surface area contributed by atoms with Gasteiger partial charge in [0.25, 0.3) is 0 Å². The lowest BCUT2D eigenvalue weighted by molar-refractivity contribution is -0.127. The Kier molecular flexibility index (Phi) is 4.58. The van der Waals surface area contributed by atoms with Crippen molar-refractivity contribution in [1.82, 2.24) is 10.6 Å². The van der Waals surface area contributed by atoms with Crippen molar-refractivity contribution < 1.29 is 9.59 Å². The van der Waals surface area contributed by atoms with Gasteiger partial charge in [0, 0.05) is 17.1 Å². The molecule has 0 bridgehead atoms. The molecule has 0 aromatic rings. The van der Waals surface area contributed by atoms with Gasteiger partial charge in [-0.3, -0.25) is 9.59 Å². The first-order valence-electron chi connectivity index (χ1n) is 6.64. The Labute approximate surface area is 114 Å². The molecule has 0 radical (unpaired) electrons. The van der Waals surface area contributed by atoms with E-state index in [1.807, 2.05) is 0 Å². The van der Waals surface area contributed by atoms with E-state index in [9.17, 15) is 9.59 Å². The summed E-state index contributed by atoms with van der Waals surface area (Å²) >= 11 is 0. The molecular formula is C13H26N4O2. The van der Waals surface area contributed by atoms with Gasteiger partial charge in [-0.25, -0.2) is 0 Å².